The Balaban J connectivity index is 1.77. The van der Waals surface area contributed by atoms with Gasteiger partial charge in [0.25, 0.3) is 5.91 Å². The molecule has 7 nitrogen and oxygen atoms in total. The van der Waals surface area contributed by atoms with Crippen LogP contribution in [0.4, 0.5) is 11.4 Å². The van der Waals surface area contributed by atoms with Gasteiger partial charge in [0.1, 0.15) is 24.9 Å². The molecule has 3 rings (SSSR count). The monoisotopic (exact) mass is 397 g/mol. The van der Waals surface area contributed by atoms with Gasteiger partial charge in [-0.1, -0.05) is 11.6 Å². The Morgan fingerprint density at radius 3 is 2.39 bits per heavy atom. The largest absolute Gasteiger partial charge is 0.486 e. The maximum atomic E-state index is 12.4. The summed E-state index contributed by atoms with van der Waals surface area (Å²) in [6.07, 6.45) is 1.42. The lowest BCUT2D eigenvalue weighted by Gasteiger charge is -2.19. The van der Waals surface area contributed by atoms with Gasteiger partial charge < -0.3 is 20.1 Å². The third kappa shape index (κ3) is 4.61. The van der Waals surface area contributed by atoms with Crippen molar-refractivity contribution in [1.29, 1.82) is 5.26 Å². The van der Waals surface area contributed by atoms with E-state index in [2.05, 4.69) is 10.6 Å². The van der Waals surface area contributed by atoms with Crippen molar-refractivity contribution in [2.24, 2.45) is 0 Å². The van der Waals surface area contributed by atoms with Gasteiger partial charge in [-0.15, -0.1) is 0 Å². The van der Waals surface area contributed by atoms with E-state index in [0.29, 0.717) is 46.7 Å². The molecule has 2 aromatic rings. The molecule has 8 heteroatoms. The molecule has 1 heterocycles. The summed E-state index contributed by atoms with van der Waals surface area (Å²) in [5.74, 6) is 0.161. The van der Waals surface area contributed by atoms with E-state index in [1.165, 1.54) is 13.0 Å². The van der Waals surface area contributed by atoms with Crippen LogP contribution in [0.1, 0.15) is 12.5 Å². The molecule has 0 aliphatic carbocycles. The highest BCUT2D eigenvalue weighted by Gasteiger charge is 2.17. The van der Waals surface area contributed by atoms with Gasteiger partial charge in [-0.25, -0.2) is 0 Å². The molecule has 28 heavy (non-hydrogen) atoms. The number of hydrogen-bond donors (Lipinski definition) is 2. The first-order valence-corrected chi connectivity index (χ1v) is 8.74. The highest BCUT2D eigenvalue weighted by molar-refractivity contribution is 6.32. The first-order valence-electron chi connectivity index (χ1n) is 8.36. The number of carbonyl (C=O) groups excluding carboxylic acids is 2. The summed E-state index contributed by atoms with van der Waals surface area (Å²) in [7, 11) is 0. The van der Waals surface area contributed by atoms with Crippen LogP contribution in [0, 0.1) is 11.3 Å². The molecule has 0 fully saturated rings. The molecule has 1 aliphatic rings. The summed E-state index contributed by atoms with van der Waals surface area (Å²) in [5.41, 5.74) is 1.54. The zero-order valence-electron chi connectivity index (χ0n) is 14.9. The van der Waals surface area contributed by atoms with Crippen molar-refractivity contribution in [3.8, 4) is 17.6 Å². The van der Waals surface area contributed by atoms with E-state index < -0.39 is 5.91 Å². The van der Waals surface area contributed by atoms with E-state index >= 15 is 0 Å². The van der Waals surface area contributed by atoms with E-state index in [-0.39, 0.29) is 11.5 Å². The molecule has 142 valence electrons. The fourth-order valence-corrected chi connectivity index (χ4v) is 2.84. The predicted octanol–water partition coefficient (Wildman–Crippen LogP) is 3.62. The Bertz CT molecular complexity index is 994. The summed E-state index contributed by atoms with van der Waals surface area (Å²) < 4.78 is 11.0. The molecule has 2 aromatic carbocycles. The van der Waals surface area contributed by atoms with Gasteiger partial charge >= 0.3 is 0 Å². The fourth-order valence-electron chi connectivity index (χ4n) is 2.57. The van der Waals surface area contributed by atoms with Crippen molar-refractivity contribution in [2.45, 2.75) is 6.92 Å². The predicted molar refractivity (Wildman–Crippen MR) is 105 cm³/mol. The van der Waals surface area contributed by atoms with E-state index in [0.717, 1.165) is 0 Å². The second-order valence-corrected chi connectivity index (χ2v) is 6.32. The van der Waals surface area contributed by atoms with Crippen LogP contribution >= 0.6 is 11.6 Å². The van der Waals surface area contributed by atoms with Crippen molar-refractivity contribution in [1.82, 2.24) is 0 Å². The van der Waals surface area contributed by atoms with Crippen LogP contribution in [0.5, 0.6) is 11.5 Å². The topological polar surface area (TPSA) is 100 Å². The van der Waals surface area contributed by atoms with E-state index in [9.17, 15) is 14.9 Å². The molecule has 0 saturated carbocycles. The summed E-state index contributed by atoms with van der Waals surface area (Å²) in [6.45, 7) is 2.22. The maximum Gasteiger partial charge on any atom is 0.266 e. The normalized spacial score (nSPS) is 12.7. The van der Waals surface area contributed by atoms with E-state index in [4.69, 9.17) is 21.1 Å². The molecule has 0 spiro atoms. The van der Waals surface area contributed by atoms with Gasteiger partial charge in [0.05, 0.1) is 5.02 Å². The summed E-state index contributed by atoms with van der Waals surface area (Å²) >= 11 is 6.19. The number of carbonyl (C=O) groups is 2. The molecule has 1 aliphatic heterocycles. The molecule has 0 aromatic heterocycles. The van der Waals surface area contributed by atoms with Crippen LogP contribution in [0.25, 0.3) is 6.08 Å². The lowest BCUT2D eigenvalue weighted by atomic mass is 10.1. The van der Waals surface area contributed by atoms with Gasteiger partial charge in [-0.2, -0.15) is 5.26 Å². The van der Waals surface area contributed by atoms with Crippen LogP contribution in [-0.2, 0) is 9.59 Å². The Morgan fingerprint density at radius 1 is 1.11 bits per heavy atom. The molecular formula is C20H16ClN3O4. The van der Waals surface area contributed by atoms with Crippen molar-refractivity contribution < 1.29 is 19.1 Å². The number of amides is 2. The lowest BCUT2D eigenvalue weighted by molar-refractivity contribution is -0.114. The third-order valence-corrected chi connectivity index (χ3v) is 4.04. The molecule has 0 atom stereocenters. The third-order valence-electron chi connectivity index (χ3n) is 3.76. The molecule has 0 unspecified atom stereocenters. The Kier molecular flexibility index (Phi) is 5.82. The van der Waals surface area contributed by atoms with Gasteiger partial charge in [0.2, 0.25) is 5.91 Å². The quantitative estimate of drug-likeness (QED) is 0.606. The highest BCUT2D eigenvalue weighted by Crippen LogP contribution is 2.38. The van der Waals surface area contributed by atoms with E-state index in [1.54, 1.807) is 36.4 Å². The standard InChI is InChI=1S/C20H16ClN3O4/c1-12(25)23-15-2-4-16(5-3-15)24-20(26)14(11-22)8-13-9-17(21)19-18(10-13)27-6-7-28-19/h2-5,8-10H,6-7H2,1H3,(H,23,25)(H,24,26)/b14-8+. The van der Waals surface area contributed by atoms with Crippen LogP contribution in [0.15, 0.2) is 42.0 Å². The second kappa shape index (κ2) is 8.46. The average Bonchev–Trinajstić information content (AvgIpc) is 2.67. The molecule has 0 radical (unpaired) electrons. The SMILES string of the molecule is CC(=O)Nc1ccc(NC(=O)/C(C#N)=C/c2cc(Cl)c3c(c2)OCCO3)cc1. The van der Waals surface area contributed by atoms with Crippen molar-refractivity contribution in [2.75, 3.05) is 23.8 Å². The minimum atomic E-state index is -0.569. The minimum absolute atomic E-state index is 0.0984. The highest BCUT2D eigenvalue weighted by atomic mass is 35.5. The maximum absolute atomic E-state index is 12.4. The van der Waals surface area contributed by atoms with Crippen LogP contribution in [0.2, 0.25) is 5.02 Å². The van der Waals surface area contributed by atoms with Crippen molar-refractivity contribution >= 4 is 40.9 Å². The molecular weight excluding hydrogens is 382 g/mol. The van der Waals surface area contributed by atoms with Crippen molar-refractivity contribution in [3.63, 3.8) is 0 Å². The Hall–Kier alpha value is -3.50. The first kappa shape index (κ1) is 19.3. The molecule has 2 amide bonds. The zero-order chi connectivity index (χ0) is 20.1. The number of nitrogens with zero attached hydrogens (tertiary/aromatic N) is 1. The number of nitriles is 1. The molecule has 0 saturated heterocycles. The first-order chi connectivity index (χ1) is 13.5. The number of benzene rings is 2. The smallest absolute Gasteiger partial charge is 0.266 e. The summed E-state index contributed by atoms with van der Waals surface area (Å²) in [4.78, 5) is 23.5. The summed E-state index contributed by atoms with van der Waals surface area (Å²) in [5, 5.41) is 15.0. The number of rotatable bonds is 4. The summed E-state index contributed by atoms with van der Waals surface area (Å²) in [6, 6.07) is 11.7. The average molecular weight is 398 g/mol. The Morgan fingerprint density at radius 2 is 1.75 bits per heavy atom. The fraction of sp³-hybridized carbons (Fsp3) is 0.150. The van der Waals surface area contributed by atoms with Gasteiger partial charge in [-0.05, 0) is 48.0 Å². The van der Waals surface area contributed by atoms with Gasteiger partial charge in [0, 0.05) is 18.3 Å². The number of halogens is 1. The Labute approximate surface area is 166 Å². The number of fused-ring (bicyclic) bond motifs is 1. The van der Waals surface area contributed by atoms with Crippen LogP contribution < -0.4 is 20.1 Å². The number of ether oxygens (including phenoxy) is 2. The van der Waals surface area contributed by atoms with Crippen LogP contribution in [-0.4, -0.2) is 25.0 Å². The number of anilines is 2. The molecule has 2 N–H and O–H groups in total. The van der Waals surface area contributed by atoms with Gasteiger partial charge in [-0.3, -0.25) is 9.59 Å². The van der Waals surface area contributed by atoms with Crippen molar-refractivity contribution in [3.05, 3.63) is 52.6 Å². The second-order valence-electron chi connectivity index (χ2n) is 5.91. The zero-order valence-corrected chi connectivity index (χ0v) is 15.7. The molecule has 0 bridgehead atoms. The number of nitrogens with one attached hydrogen (secondary N) is 2. The lowest BCUT2D eigenvalue weighted by Crippen LogP contribution is -2.16. The number of hydrogen-bond acceptors (Lipinski definition) is 5. The minimum Gasteiger partial charge on any atom is -0.486 e. The van der Waals surface area contributed by atoms with Crippen LogP contribution in [0.3, 0.4) is 0 Å². The van der Waals surface area contributed by atoms with Gasteiger partial charge in [0.15, 0.2) is 11.5 Å². The van der Waals surface area contributed by atoms with E-state index in [1.807, 2.05) is 6.07 Å².